The van der Waals surface area contributed by atoms with Crippen LogP contribution >= 0.6 is 0 Å². The topological polar surface area (TPSA) is 12.5 Å². The molecular formula is C16H23NO. The molecule has 1 fully saturated rings. The third kappa shape index (κ3) is 1.93. The van der Waals surface area contributed by atoms with Gasteiger partial charge in [0.1, 0.15) is 5.75 Å². The van der Waals surface area contributed by atoms with Crippen molar-refractivity contribution in [2.75, 3.05) is 26.7 Å². The quantitative estimate of drug-likeness (QED) is 0.811. The monoisotopic (exact) mass is 245 g/mol. The Hall–Kier alpha value is -1.02. The van der Waals surface area contributed by atoms with Gasteiger partial charge in [-0.05, 0) is 43.4 Å². The zero-order valence-corrected chi connectivity index (χ0v) is 11.5. The minimum absolute atomic E-state index is 0.705. The number of ether oxygens (including phenoxy) is 1. The van der Waals surface area contributed by atoms with Gasteiger partial charge < -0.3 is 9.64 Å². The number of fused-ring (bicyclic) bond motifs is 3. The molecule has 2 nitrogen and oxygen atoms in total. The molecule has 1 aromatic carbocycles. The SMILES string of the molecule is CCCN1C[C@@H]2CCc3cccc(OC)c3[C@H]2C1. The maximum Gasteiger partial charge on any atom is 0.122 e. The smallest absolute Gasteiger partial charge is 0.122 e. The zero-order chi connectivity index (χ0) is 12.5. The number of methoxy groups -OCH3 is 1. The van der Waals surface area contributed by atoms with E-state index in [4.69, 9.17) is 4.74 Å². The highest BCUT2D eigenvalue weighted by Crippen LogP contribution is 2.45. The van der Waals surface area contributed by atoms with E-state index >= 15 is 0 Å². The summed E-state index contributed by atoms with van der Waals surface area (Å²) in [5.74, 6) is 2.66. The molecule has 0 N–H and O–H groups in total. The van der Waals surface area contributed by atoms with E-state index in [0.29, 0.717) is 5.92 Å². The third-order valence-electron chi connectivity index (χ3n) is 4.59. The molecule has 3 rings (SSSR count). The minimum Gasteiger partial charge on any atom is -0.496 e. The Balaban J connectivity index is 1.92. The third-order valence-corrected chi connectivity index (χ3v) is 4.59. The van der Waals surface area contributed by atoms with Crippen LogP contribution in [0.4, 0.5) is 0 Å². The number of rotatable bonds is 3. The van der Waals surface area contributed by atoms with Crippen molar-refractivity contribution in [2.45, 2.75) is 32.1 Å². The van der Waals surface area contributed by atoms with Crippen molar-refractivity contribution in [1.82, 2.24) is 4.90 Å². The molecule has 2 aliphatic rings. The lowest BCUT2D eigenvalue weighted by Crippen LogP contribution is -2.21. The van der Waals surface area contributed by atoms with Gasteiger partial charge in [-0.15, -0.1) is 0 Å². The van der Waals surface area contributed by atoms with Gasteiger partial charge in [0.2, 0.25) is 0 Å². The van der Waals surface area contributed by atoms with Crippen LogP contribution in [-0.4, -0.2) is 31.6 Å². The predicted octanol–water partition coefficient (Wildman–Crippen LogP) is 3.07. The second kappa shape index (κ2) is 4.93. The summed E-state index contributed by atoms with van der Waals surface area (Å²) in [6.45, 7) is 6.04. The molecule has 1 aliphatic heterocycles. The van der Waals surface area contributed by atoms with E-state index in [2.05, 4.69) is 30.0 Å². The first kappa shape index (κ1) is 12.0. The Morgan fingerprint density at radius 1 is 1.33 bits per heavy atom. The minimum atomic E-state index is 0.705. The van der Waals surface area contributed by atoms with Crippen LogP contribution in [0, 0.1) is 5.92 Å². The average molecular weight is 245 g/mol. The lowest BCUT2D eigenvalue weighted by atomic mass is 9.76. The molecule has 1 saturated heterocycles. The van der Waals surface area contributed by atoms with Gasteiger partial charge in [-0.2, -0.15) is 0 Å². The van der Waals surface area contributed by atoms with Crippen molar-refractivity contribution in [3.8, 4) is 5.75 Å². The molecule has 18 heavy (non-hydrogen) atoms. The fourth-order valence-corrected chi connectivity index (χ4v) is 3.83. The number of likely N-dealkylation sites (tertiary alicyclic amines) is 1. The molecule has 2 atom stereocenters. The molecule has 1 aliphatic carbocycles. The van der Waals surface area contributed by atoms with Crippen molar-refractivity contribution in [3.05, 3.63) is 29.3 Å². The molecular weight excluding hydrogens is 222 g/mol. The average Bonchev–Trinajstić information content (AvgIpc) is 2.81. The van der Waals surface area contributed by atoms with Gasteiger partial charge in [-0.1, -0.05) is 19.1 Å². The Kier molecular flexibility index (Phi) is 3.29. The standard InChI is InChI=1S/C16H23NO/c1-3-9-17-10-13-8-7-12-5-4-6-15(18-2)16(12)14(13)11-17/h4-6,13-14H,3,7-11H2,1-2H3/t13-,14-/m0/s1. The maximum absolute atomic E-state index is 5.60. The van der Waals surface area contributed by atoms with E-state index in [0.717, 1.165) is 11.7 Å². The molecule has 1 aromatic rings. The molecule has 2 heteroatoms. The lowest BCUT2D eigenvalue weighted by molar-refractivity contribution is 0.322. The second-order valence-electron chi connectivity index (χ2n) is 5.70. The fraction of sp³-hybridized carbons (Fsp3) is 0.625. The van der Waals surface area contributed by atoms with E-state index in [1.807, 2.05) is 0 Å². The summed E-state index contributed by atoms with van der Waals surface area (Å²) in [5, 5.41) is 0. The van der Waals surface area contributed by atoms with Crippen LogP contribution in [0.3, 0.4) is 0 Å². The van der Waals surface area contributed by atoms with Crippen molar-refractivity contribution in [3.63, 3.8) is 0 Å². The Morgan fingerprint density at radius 2 is 2.22 bits per heavy atom. The summed E-state index contributed by atoms with van der Waals surface area (Å²) < 4.78 is 5.60. The molecule has 0 radical (unpaired) electrons. The summed E-state index contributed by atoms with van der Waals surface area (Å²) >= 11 is 0. The van der Waals surface area contributed by atoms with Crippen LogP contribution in [0.25, 0.3) is 0 Å². The number of aryl methyl sites for hydroxylation is 1. The Labute approximate surface area is 110 Å². The zero-order valence-electron chi connectivity index (χ0n) is 11.5. The normalized spacial score (nSPS) is 26.8. The van der Waals surface area contributed by atoms with Crippen molar-refractivity contribution in [1.29, 1.82) is 0 Å². The van der Waals surface area contributed by atoms with Gasteiger partial charge >= 0.3 is 0 Å². The summed E-state index contributed by atoms with van der Waals surface area (Å²) in [5.41, 5.74) is 3.03. The van der Waals surface area contributed by atoms with Crippen LogP contribution < -0.4 is 4.74 Å². The first-order chi connectivity index (χ1) is 8.83. The van der Waals surface area contributed by atoms with Crippen molar-refractivity contribution < 1.29 is 4.74 Å². The highest BCUT2D eigenvalue weighted by Gasteiger charge is 2.38. The van der Waals surface area contributed by atoms with Gasteiger partial charge in [0.05, 0.1) is 7.11 Å². The highest BCUT2D eigenvalue weighted by atomic mass is 16.5. The van der Waals surface area contributed by atoms with E-state index in [9.17, 15) is 0 Å². The van der Waals surface area contributed by atoms with Gasteiger partial charge in [0.15, 0.2) is 0 Å². The van der Waals surface area contributed by atoms with E-state index in [1.165, 1.54) is 50.0 Å². The largest absolute Gasteiger partial charge is 0.496 e. The fourth-order valence-electron chi connectivity index (χ4n) is 3.83. The van der Waals surface area contributed by atoms with E-state index < -0.39 is 0 Å². The number of nitrogens with zero attached hydrogens (tertiary/aromatic N) is 1. The second-order valence-corrected chi connectivity index (χ2v) is 5.70. The lowest BCUT2D eigenvalue weighted by Gasteiger charge is -2.28. The number of hydrogen-bond donors (Lipinski definition) is 0. The molecule has 98 valence electrons. The number of benzene rings is 1. The maximum atomic E-state index is 5.60. The van der Waals surface area contributed by atoms with E-state index in [-0.39, 0.29) is 0 Å². The molecule has 1 heterocycles. The van der Waals surface area contributed by atoms with Crippen LogP contribution in [-0.2, 0) is 6.42 Å². The van der Waals surface area contributed by atoms with Gasteiger partial charge in [-0.3, -0.25) is 0 Å². The predicted molar refractivity (Wildman–Crippen MR) is 74.3 cm³/mol. The summed E-state index contributed by atoms with van der Waals surface area (Å²) in [6, 6.07) is 6.55. The Bertz CT molecular complexity index is 415. The van der Waals surface area contributed by atoms with Crippen LogP contribution in [0.2, 0.25) is 0 Å². The Morgan fingerprint density at radius 3 is 3.00 bits per heavy atom. The number of hydrogen-bond acceptors (Lipinski definition) is 2. The highest BCUT2D eigenvalue weighted by molar-refractivity contribution is 5.45. The van der Waals surface area contributed by atoms with Gasteiger partial charge in [0.25, 0.3) is 0 Å². The molecule has 0 amide bonds. The molecule has 0 bridgehead atoms. The van der Waals surface area contributed by atoms with Crippen molar-refractivity contribution >= 4 is 0 Å². The molecule has 0 unspecified atom stereocenters. The van der Waals surface area contributed by atoms with Gasteiger partial charge in [-0.25, -0.2) is 0 Å². The van der Waals surface area contributed by atoms with Crippen LogP contribution in [0.15, 0.2) is 18.2 Å². The molecule has 0 aromatic heterocycles. The van der Waals surface area contributed by atoms with Crippen LogP contribution in [0.5, 0.6) is 5.75 Å². The first-order valence-electron chi connectivity index (χ1n) is 7.21. The molecule has 0 spiro atoms. The molecule has 0 saturated carbocycles. The summed E-state index contributed by atoms with van der Waals surface area (Å²) in [6.07, 6.45) is 3.84. The first-order valence-corrected chi connectivity index (χ1v) is 7.21. The summed E-state index contributed by atoms with van der Waals surface area (Å²) in [4.78, 5) is 2.64. The van der Waals surface area contributed by atoms with Crippen molar-refractivity contribution in [2.24, 2.45) is 5.92 Å². The summed E-state index contributed by atoms with van der Waals surface area (Å²) in [7, 11) is 1.80. The van der Waals surface area contributed by atoms with E-state index in [1.54, 1.807) is 7.11 Å². The van der Waals surface area contributed by atoms with Gasteiger partial charge in [0, 0.05) is 24.6 Å². The van der Waals surface area contributed by atoms with Crippen LogP contribution in [0.1, 0.15) is 36.8 Å².